The van der Waals surface area contributed by atoms with E-state index in [-0.39, 0.29) is 18.3 Å². The third kappa shape index (κ3) is 8.66. The molecule has 0 bridgehead atoms. The zero-order chi connectivity index (χ0) is 18.7. The maximum absolute atomic E-state index is 10.5. The predicted octanol–water partition coefficient (Wildman–Crippen LogP) is 3.04. The Morgan fingerprint density at radius 3 is 2.60 bits per heavy atom. The van der Waals surface area contributed by atoms with E-state index < -0.39 is 24.3 Å². The molecule has 1 rings (SSSR count). The number of carboxylic acids is 1. The fourth-order valence-electron chi connectivity index (χ4n) is 3.41. The molecule has 1 fully saturated rings. The van der Waals surface area contributed by atoms with Gasteiger partial charge in [-0.15, -0.1) is 0 Å². The van der Waals surface area contributed by atoms with Gasteiger partial charge in [0.15, 0.2) is 0 Å². The number of aliphatic hydroxyl groups excluding tert-OH is 3. The highest BCUT2D eigenvalue weighted by Crippen LogP contribution is 2.36. The van der Waals surface area contributed by atoms with E-state index in [0.29, 0.717) is 25.7 Å². The summed E-state index contributed by atoms with van der Waals surface area (Å²) in [5.41, 5.74) is 0. The van der Waals surface area contributed by atoms with Crippen molar-refractivity contribution in [2.24, 2.45) is 11.8 Å². The van der Waals surface area contributed by atoms with Gasteiger partial charge in [-0.3, -0.25) is 4.79 Å². The molecule has 5 atom stereocenters. The van der Waals surface area contributed by atoms with Crippen molar-refractivity contribution < 1.29 is 25.2 Å². The van der Waals surface area contributed by atoms with Crippen LogP contribution in [0, 0.1) is 11.8 Å². The monoisotopic (exact) mass is 354 g/mol. The molecular formula is C20H34O5. The molecular weight excluding hydrogens is 320 g/mol. The Morgan fingerprint density at radius 2 is 1.92 bits per heavy atom. The van der Waals surface area contributed by atoms with Gasteiger partial charge >= 0.3 is 5.97 Å². The average molecular weight is 354 g/mol. The maximum atomic E-state index is 10.5. The number of carboxylic acid groups (broad SMARTS) is 1. The molecule has 0 amide bonds. The van der Waals surface area contributed by atoms with E-state index in [4.69, 9.17) is 5.11 Å². The Kier molecular flexibility index (Phi) is 10.7. The van der Waals surface area contributed by atoms with E-state index in [1.165, 1.54) is 0 Å². The van der Waals surface area contributed by atoms with Gasteiger partial charge in [-0.25, -0.2) is 0 Å². The van der Waals surface area contributed by atoms with Crippen LogP contribution < -0.4 is 0 Å². The zero-order valence-corrected chi connectivity index (χ0v) is 15.3. The lowest BCUT2D eigenvalue weighted by atomic mass is 9.89. The molecule has 144 valence electrons. The lowest BCUT2D eigenvalue weighted by molar-refractivity contribution is -0.137. The van der Waals surface area contributed by atoms with Gasteiger partial charge in [-0.1, -0.05) is 50.5 Å². The topological polar surface area (TPSA) is 98.0 Å². The summed E-state index contributed by atoms with van der Waals surface area (Å²) in [6.45, 7) is 2.12. The second-order valence-electron chi connectivity index (χ2n) is 7.05. The van der Waals surface area contributed by atoms with Gasteiger partial charge in [0.25, 0.3) is 0 Å². The van der Waals surface area contributed by atoms with E-state index in [1.807, 2.05) is 18.2 Å². The molecule has 0 radical (unpaired) electrons. The number of aliphatic carboxylic acids is 1. The smallest absolute Gasteiger partial charge is 0.303 e. The van der Waals surface area contributed by atoms with Gasteiger partial charge in [-0.05, 0) is 31.6 Å². The minimum absolute atomic E-state index is 0.0650. The Balaban J connectivity index is 2.46. The van der Waals surface area contributed by atoms with Crippen LogP contribution in [0.2, 0.25) is 0 Å². The summed E-state index contributed by atoms with van der Waals surface area (Å²) < 4.78 is 0. The van der Waals surface area contributed by atoms with Crippen LogP contribution in [-0.4, -0.2) is 44.7 Å². The number of rotatable bonds is 12. The van der Waals surface area contributed by atoms with E-state index in [0.717, 1.165) is 25.7 Å². The molecule has 0 aromatic heterocycles. The summed E-state index contributed by atoms with van der Waals surface area (Å²) in [7, 11) is 0. The van der Waals surface area contributed by atoms with Crippen molar-refractivity contribution in [1.29, 1.82) is 0 Å². The van der Waals surface area contributed by atoms with Crippen LogP contribution >= 0.6 is 0 Å². The number of aliphatic hydroxyl groups is 3. The average Bonchev–Trinajstić information content (AvgIpc) is 2.82. The van der Waals surface area contributed by atoms with Crippen molar-refractivity contribution in [2.75, 3.05) is 0 Å². The van der Waals surface area contributed by atoms with Crippen molar-refractivity contribution in [3.63, 3.8) is 0 Å². The highest BCUT2D eigenvalue weighted by molar-refractivity contribution is 5.66. The second-order valence-corrected chi connectivity index (χ2v) is 7.05. The van der Waals surface area contributed by atoms with Gasteiger partial charge in [-0.2, -0.15) is 0 Å². The summed E-state index contributed by atoms with van der Waals surface area (Å²) in [6, 6.07) is 0. The summed E-state index contributed by atoms with van der Waals surface area (Å²) in [6.07, 6.45) is 12.3. The molecule has 0 unspecified atom stereocenters. The molecule has 1 aliphatic rings. The fraction of sp³-hybridized carbons (Fsp3) is 0.750. The Morgan fingerprint density at radius 1 is 1.16 bits per heavy atom. The van der Waals surface area contributed by atoms with E-state index in [9.17, 15) is 20.1 Å². The van der Waals surface area contributed by atoms with E-state index >= 15 is 0 Å². The normalized spacial score (nSPS) is 28.2. The van der Waals surface area contributed by atoms with Crippen LogP contribution in [0.25, 0.3) is 0 Å². The fourth-order valence-corrected chi connectivity index (χ4v) is 3.41. The summed E-state index contributed by atoms with van der Waals surface area (Å²) in [4.78, 5) is 10.5. The molecule has 25 heavy (non-hydrogen) atoms. The molecule has 1 aliphatic carbocycles. The standard InChI is InChI=1S/C20H34O5/c1-2-3-6-9-15(21)12-13-17-16(18(22)14-19(17)23)10-7-4-5-8-11-20(24)25/h4,7,12-13,15-19,21-23H,2-3,5-6,8-11,14H2,1H3,(H,24,25)/t15-,16+,17-,18+,19+/m1/s1. The van der Waals surface area contributed by atoms with Crippen molar-refractivity contribution >= 4 is 5.97 Å². The largest absolute Gasteiger partial charge is 0.481 e. The lowest BCUT2D eigenvalue weighted by Crippen LogP contribution is -2.20. The molecule has 0 heterocycles. The number of hydrogen-bond acceptors (Lipinski definition) is 4. The lowest BCUT2D eigenvalue weighted by Gasteiger charge is -2.19. The minimum Gasteiger partial charge on any atom is -0.481 e. The highest BCUT2D eigenvalue weighted by atomic mass is 16.4. The number of allylic oxidation sites excluding steroid dienone is 2. The van der Waals surface area contributed by atoms with Crippen LogP contribution in [0.3, 0.4) is 0 Å². The number of unbranched alkanes of at least 4 members (excludes halogenated alkanes) is 3. The molecule has 4 N–H and O–H groups in total. The van der Waals surface area contributed by atoms with Crippen molar-refractivity contribution in [2.45, 2.75) is 83.0 Å². The first-order valence-corrected chi connectivity index (χ1v) is 9.55. The van der Waals surface area contributed by atoms with Crippen LogP contribution in [0.5, 0.6) is 0 Å². The molecule has 0 aromatic carbocycles. The summed E-state index contributed by atoms with van der Waals surface area (Å²) in [5.74, 6) is -1.00. The van der Waals surface area contributed by atoms with Crippen LogP contribution in [0.4, 0.5) is 0 Å². The van der Waals surface area contributed by atoms with Crippen molar-refractivity contribution in [3.8, 4) is 0 Å². The summed E-state index contributed by atoms with van der Waals surface area (Å²) >= 11 is 0. The Hall–Kier alpha value is -1.17. The molecule has 0 aliphatic heterocycles. The van der Waals surface area contributed by atoms with Gasteiger partial charge in [0.2, 0.25) is 0 Å². The molecule has 0 aromatic rings. The van der Waals surface area contributed by atoms with E-state index in [2.05, 4.69) is 6.92 Å². The molecule has 5 nitrogen and oxygen atoms in total. The molecule has 0 spiro atoms. The van der Waals surface area contributed by atoms with Gasteiger partial charge in [0.05, 0.1) is 18.3 Å². The summed E-state index contributed by atoms with van der Waals surface area (Å²) in [5, 5.41) is 39.0. The first-order valence-electron chi connectivity index (χ1n) is 9.55. The van der Waals surface area contributed by atoms with Crippen molar-refractivity contribution in [1.82, 2.24) is 0 Å². The maximum Gasteiger partial charge on any atom is 0.303 e. The van der Waals surface area contributed by atoms with Gasteiger partial charge in [0, 0.05) is 18.8 Å². The van der Waals surface area contributed by atoms with Gasteiger partial charge < -0.3 is 20.4 Å². The first-order chi connectivity index (χ1) is 12.0. The second kappa shape index (κ2) is 12.2. The highest BCUT2D eigenvalue weighted by Gasteiger charge is 2.39. The zero-order valence-electron chi connectivity index (χ0n) is 15.3. The number of hydrogen-bond donors (Lipinski definition) is 4. The molecule has 5 heteroatoms. The third-order valence-electron chi connectivity index (χ3n) is 4.91. The molecule has 1 saturated carbocycles. The Labute approximate surface area is 151 Å². The van der Waals surface area contributed by atoms with Crippen LogP contribution in [-0.2, 0) is 4.79 Å². The third-order valence-corrected chi connectivity index (χ3v) is 4.91. The number of carbonyl (C=O) groups is 1. The van der Waals surface area contributed by atoms with Gasteiger partial charge in [0.1, 0.15) is 0 Å². The van der Waals surface area contributed by atoms with Crippen LogP contribution in [0.1, 0.15) is 64.7 Å². The Bertz CT molecular complexity index is 432. The SMILES string of the molecule is CCCCC[C@@H](O)C=C[C@@H]1[C@H](CC=CCCCC(=O)O)[C@@H](O)C[C@@H]1O. The quantitative estimate of drug-likeness (QED) is 0.319. The minimum atomic E-state index is -0.787. The molecule has 0 saturated heterocycles. The van der Waals surface area contributed by atoms with Crippen molar-refractivity contribution in [3.05, 3.63) is 24.3 Å². The van der Waals surface area contributed by atoms with Crippen LogP contribution in [0.15, 0.2) is 24.3 Å². The first kappa shape index (κ1) is 21.9. The van der Waals surface area contributed by atoms with E-state index in [1.54, 1.807) is 6.08 Å². The predicted molar refractivity (Wildman–Crippen MR) is 98.1 cm³/mol.